The van der Waals surface area contributed by atoms with Crippen LogP contribution in [0.1, 0.15) is 41.0 Å². The zero-order chi connectivity index (χ0) is 9.60. The van der Waals surface area contributed by atoms with Crippen molar-refractivity contribution in [3.8, 4) is 0 Å². The molecule has 0 radical (unpaired) electrons. The molecule has 0 amide bonds. The van der Waals surface area contributed by atoms with Gasteiger partial charge in [0.25, 0.3) is 0 Å². The van der Waals surface area contributed by atoms with Gasteiger partial charge in [0.05, 0.1) is 6.61 Å². The first-order valence-electron chi connectivity index (χ1n) is 5.57. The molecule has 0 aromatic carbocycles. The third-order valence-electron chi connectivity index (χ3n) is 3.68. The first-order chi connectivity index (χ1) is 6.84. The van der Waals surface area contributed by atoms with Gasteiger partial charge in [-0.2, -0.15) is 0 Å². The van der Waals surface area contributed by atoms with Crippen LogP contribution in [0.2, 0.25) is 0 Å². The minimum absolute atomic E-state index is 0.196. The zero-order valence-corrected chi connectivity index (χ0v) is 9.20. The highest BCUT2D eigenvalue weighted by molar-refractivity contribution is 7.12. The van der Waals surface area contributed by atoms with Crippen LogP contribution in [-0.4, -0.2) is 11.7 Å². The maximum Gasteiger partial charge on any atom is 0.0535 e. The molecule has 1 heterocycles. The molecular formula is C12H16OS. The molecule has 0 atom stereocenters. The normalized spacial score (nSPS) is 23.2. The van der Waals surface area contributed by atoms with E-state index < -0.39 is 0 Å². The minimum Gasteiger partial charge on any atom is -0.395 e. The highest BCUT2D eigenvalue weighted by Gasteiger charge is 2.45. The number of hydrogen-bond acceptors (Lipinski definition) is 2. The molecule has 1 nitrogen and oxygen atoms in total. The van der Waals surface area contributed by atoms with Crippen LogP contribution in [0.3, 0.4) is 0 Å². The van der Waals surface area contributed by atoms with Gasteiger partial charge in [0.1, 0.15) is 0 Å². The van der Waals surface area contributed by atoms with Crippen molar-refractivity contribution in [2.75, 3.05) is 6.61 Å². The third kappa shape index (κ3) is 1.24. The number of aliphatic hydroxyl groups excluding tert-OH is 1. The second-order valence-corrected chi connectivity index (χ2v) is 5.84. The van der Waals surface area contributed by atoms with E-state index >= 15 is 0 Å². The van der Waals surface area contributed by atoms with Crippen LogP contribution in [0.4, 0.5) is 0 Å². The summed E-state index contributed by atoms with van der Waals surface area (Å²) in [4.78, 5) is 3.07. The number of thiophene rings is 1. The van der Waals surface area contributed by atoms with Gasteiger partial charge < -0.3 is 5.11 Å². The summed E-state index contributed by atoms with van der Waals surface area (Å²) in [5.74, 6) is 0. The molecule has 0 spiro atoms. The van der Waals surface area contributed by atoms with Gasteiger partial charge in [-0.05, 0) is 50.2 Å². The lowest BCUT2D eigenvalue weighted by molar-refractivity contribution is 0.257. The van der Waals surface area contributed by atoms with Crippen LogP contribution in [0.25, 0.3) is 0 Å². The van der Waals surface area contributed by atoms with Crippen molar-refractivity contribution in [1.29, 1.82) is 0 Å². The predicted octanol–water partition coefficient (Wildman–Crippen LogP) is 2.65. The van der Waals surface area contributed by atoms with Crippen molar-refractivity contribution < 1.29 is 5.11 Å². The molecule has 1 aromatic rings. The molecule has 2 aliphatic carbocycles. The Kier molecular flexibility index (Phi) is 1.96. The van der Waals surface area contributed by atoms with Gasteiger partial charge in [0, 0.05) is 15.2 Å². The van der Waals surface area contributed by atoms with E-state index in [1.165, 1.54) is 43.4 Å². The first kappa shape index (κ1) is 8.93. The molecule has 2 aliphatic rings. The summed E-state index contributed by atoms with van der Waals surface area (Å²) in [5.41, 5.74) is 1.78. The highest BCUT2D eigenvalue weighted by Crippen LogP contribution is 2.51. The molecule has 1 N–H and O–H groups in total. The third-order valence-corrected chi connectivity index (χ3v) is 5.16. The number of fused-ring (bicyclic) bond motifs is 1. The van der Waals surface area contributed by atoms with E-state index in [0.717, 1.165) is 0 Å². The molecule has 0 saturated heterocycles. The fraction of sp³-hybridized carbons (Fsp3) is 0.667. The molecule has 2 heteroatoms. The Hall–Kier alpha value is -0.340. The average molecular weight is 208 g/mol. The van der Waals surface area contributed by atoms with Crippen LogP contribution < -0.4 is 0 Å². The quantitative estimate of drug-likeness (QED) is 0.792. The largest absolute Gasteiger partial charge is 0.395 e. The lowest BCUT2D eigenvalue weighted by Crippen LogP contribution is -2.09. The summed E-state index contributed by atoms with van der Waals surface area (Å²) in [5, 5.41) is 9.38. The minimum atomic E-state index is 0.196. The number of aliphatic hydroxyl groups is 1. The molecule has 1 aromatic heterocycles. The SMILES string of the molecule is OCC1(c2cc3c(s2)CCCC3)CC1. The fourth-order valence-electron chi connectivity index (χ4n) is 2.39. The summed E-state index contributed by atoms with van der Waals surface area (Å²) >= 11 is 1.97. The Labute approximate surface area is 88.8 Å². The smallest absolute Gasteiger partial charge is 0.0535 e. The van der Waals surface area contributed by atoms with Crippen LogP contribution in [0.15, 0.2) is 6.07 Å². The molecule has 0 aliphatic heterocycles. The summed E-state index contributed by atoms with van der Waals surface area (Å²) in [6, 6.07) is 2.38. The van der Waals surface area contributed by atoms with Crippen LogP contribution in [0, 0.1) is 0 Å². The van der Waals surface area contributed by atoms with Gasteiger partial charge in [-0.3, -0.25) is 0 Å². The van der Waals surface area contributed by atoms with Gasteiger partial charge >= 0.3 is 0 Å². The van der Waals surface area contributed by atoms with E-state index in [1.54, 1.807) is 10.4 Å². The Morgan fingerprint density at radius 1 is 1.29 bits per heavy atom. The topological polar surface area (TPSA) is 20.2 Å². The van der Waals surface area contributed by atoms with E-state index in [9.17, 15) is 5.11 Å². The second kappa shape index (κ2) is 3.07. The van der Waals surface area contributed by atoms with Crippen molar-refractivity contribution >= 4 is 11.3 Å². The molecule has 0 bridgehead atoms. The van der Waals surface area contributed by atoms with Gasteiger partial charge in [-0.15, -0.1) is 11.3 Å². The Bertz CT molecular complexity index is 326. The zero-order valence-electron chi connectivity index (χ0n) is 8.38. The van der Waals surface area contributed by atoms with Crippen LogP contribution in [0.5, 0.6) is 0 Å². The van der Waals surface area contributed by atoms with Gasteiger partial charge in [-0.1, -0.05) is 0 Å². The number of rotatable bonds is 2. The summed E-state index contributed by atoms with van der Waals surface area (Å²) in [7, 11) is 0. The summed E-state index contributed by atoms with van der Waals surface area (Å²) < 4.78 is 0. The van der Waals surface area contributed by atoms with E-state index in [-0.39, 0.29) is 5.41 Å². The second-order valence-electron chi connectivity index (χ2n) is 4.70. The van der Waals surface area contributed by atoms with Gasteiger partial charge in [-0.25, -0.2) is 0 Å². The Morgan fingerprint density at radius 3 is 2.71 bits per heavy atom. The number of aryl methyl sites for hydroxylation is 2. The van der Waals surface area contributed by atoms with Crippen molar-refractivity contribution in [2.45, 2.75) is 43.9 Å². The van der Waals surface area contributed by atoms with E-state index in [0.29, 0.717) is 6.61 Å². The van der Waals surface area contributed by atoms with Crippen molar-refractivity contribution in [3.63, 3.8) is 0 Å². The van der Waals surface area contributed by atoms with E-state index in [4.69, 9.17) is 0 Å². The summed E-state index contributed by atoms with van der Waals surface area (Å²) in [6.07, 6.45) is 7.66. The molecule has 3 rings (SSSR count). The number of hydrogen-bond donors (Lipinski definition) is 1. The van der Waals surface area contributed by atoms with Gasteiger partial charge in [0.2, 0.25) is 0 Å². The lowest BCUT2D eigenvalue weighted by Gasteiger charge is -2.08. The molecule has 1 fully saturated rings. The standard InChI is InChI=1S/C12H16OS/c13-8-12(5-6-12)11-7-9-3-1-2-4-10(9)14-11/h7,13H,1-6,8H2. The molecule has 0 unspecified atom stereocenters. The molecule has 1 saturated carbocycles. The molecule has 14 heavy (non-hydrogen) atoms. The average Bonchev–Trinajstić information content (AvgIpc) is 2.91. The Morgan fingerprint density at radius 2 is 2.07 bits per heavy atom. The predicted molar refractivity (Wildman–Crippen MR) is 59.0 cm³/mol. The monoisotopic (exact) mass is 208 g/mol. The van der Waals surface area contributed by atoms with Crippen molar-refractivity contribution in [3.05, 3.63) is 21.4 Å². The van der Waals surface area contributed by atoms with E-state index in [1.807, 2.05) is 11.3 Å². The maximum absolute atomic E-state index is 9.38. The van der Waals surface area contributed by atoms with Crippen molar-refractivity contribution in [1.82, 2.24) is 0 Å². The van der Waals surface area contributed by atoms with Gasteiger partial charge in [0.15, 0.2) is 0 Å². The van der Waals surface area contributed by atoms with Crippen LogP contribution >= 0.6 is 11.3 Å². The van der Waals surface area contributed by atoms with Crippen molar-refractivity contribution in [2.24, 2.45) is 0 Å². The fourth-order valence-corrected chi connectivity index (χ4v) is 3.88. The highest BCUT2D eigenvalue weighted by atomic mass is 32.1. The molecule has 76 valence electrons. The molecular weight excluding hydrogens is 192 g/mol. The first-order valence-corrected chi connectivity index (χ1v) is 6.39. The summed E-state index contributed by atoms with van der Waals surface area (Å²) in [6.45, 7) is 0.354. The van der Waals surface area contributed by atoms with E-state index in [2.05, 4.69) is 6.07 Å². The Balaban J connectivity index is 1.96. The lowest BCUT2D eigenvalue weighted by atomic mass is 9.97. The maximum atomic E-state index is 9.38. The van der Waals surface area contributed by atoms with Crippen LogP contribution in [-0.2, 0) is 18.3 Å².